The molecule has 0 aliphatic rings. The molecule has 2 aromatic carbocycles. The normalized spacial score (nSPS) is 10.7. The summed E-state index contributed by atoms with van der Waals surface area (Å²) < 4.78 is 11.6. The molecule has 4 rings (SSSR count). The third kappa shape index (κ3) is 10.0. The summed E-state index contributed by atoms with van der Waals surface area (Å²) in [7, 11) is 0. The predicted octanol–water partition coefficient (Wildman–Crippen LogP) is 5.57. The lowest BCUT2D eigenvalue weighted by molar-refractivity contribution is 0.0947. The third-order valence-electron chi connectivity index (χ3n) is 5.84. The second-order valence-electron chi connectivity index (χ2n) is 9.06. The zero-order chi connectivity index (χ0) is 31.9. The number of ether oxygens (including phenoxy) is 2. The maximum atomic E-state index is 11.9. The van der Waals surface area contributed by atoms with Gasteiger partial charge in [0.05, 0.1) is 25.6 Å². The Labute approximate surface area is 264 Å². The molecule has 0 aliphatic carbocycles. The van der Waals surface area contributed by atoms with Gasteiger partial charge in [-0.25, -0.2) is 10.9 Å². The van der Waals surface area contributed by atoms with E-state index in [-0.39, 0.29) is 17.6 Å². The number of nitrogens with zero attached hydrogens (tertiary/aromatic N) is 4. The van der Waals surface area contributed by atoms with Crippen LogP contribution in [0.5, 0.6) is 17.2 Å². The van der Waals surface area contributed by atoms with Crippen LogP contribution in [0.4, 0.5) is 0 Å². The van der Waals surface area contributed by atoms with Gasteiger partial charge in [0.25, 0.3) is 11.8 Å². The number of phenolic OH excluding ortho intramolecular Hbond substituents is 1. The van der Waals surface area contributed by atoms with Crippen molar-refractivity contribution in [3.63, 3.8) is 0 Å². The van der Waals surface area contributed by atoms with Crippen LogP contribution in [0.15, 0.2) is 88.0 Å². The molecule has 0 aliphatic heterocycles. The molecule has 12 heteroatoms. The average Bonchev–Trinajstić information content (AvgIpc) is 3.02. The largest absolute Gasteiger partial charge is 0.504 e. The minimum atomic E-state index is -0.363. The number of aromatic hydroxyl groups is 1. The summed E-state index contributed by atoms with van der Waals surface area (Å²) in [5, 5.41) is 17.9. The summed E-state index contributed by atoms with van der Waals surface area (Å²) in [4.78, 5) is 31.4. The molecule has 0 atom stereocenters. The molecular formula is C32H33BrN6O5. The number of benzene rings is 2. The number of rotatable bonds is 10. The fourth-order valence-corrected chi connectivity index (χ4v) is 4.16. The highest BCUT2D eigenvalue weighted by Crippen LogP contribution is 2.32. The van der Waals surface area contributed by atoms with E-state index in [1.54, 1.807) is 55.0 Å². The molecule has 2 heterocycles. The Morgan fingerprint density at radius 1 is 0.795 bits per heavy atom. The van der Waals surface area contributed by atoms with Crippen molar-refractivity contribution in [2.24, 2.45) is 10.2 Å². The van der Waals surface area contributed by atoms with Gasteiger partial charge in [-0.2, -0.15) is 10.2 Å². The van der Waals surface area contributed by atoms with E-state index >= 15 is 0 Å². The van der Waals surface area contributed by atoms with Gasteiger partial charge in [-0.15, -0.1) is 0 Å². The van der Waals surface area contributed by atoms with Gasteiger partial charge >= 0.3 is 0 Å². The number of aryl methyl sites for hydroxylation is 1. The third-order valence-corrected chi connectivity index (χ3v) is 6.30. The van der Waals surface area contributed by atoms with Crippen LogP contribution in [0.25, 0.3) is 0 Å². The number of hydrazone groups is 2. The van der Waals surface area contributed by atoms with Crippen molar-refractivity contribution in [3.05, 3.63) is 111 Å². The molecule has 0 radical (unpaired) electrons. The Balaban J connectivity index is 0.000000240. The van der Waals surface area contributed by atoms with Crippen LogP contribution in [-0.4, -0.2) is 52.5 Å². The minimum absolute atomic E-state index is 0.0352. The van der Waals surface area contributed by atoms with Crippen LogP contribution in [-0.2, 0) is 0 Å². The summed E-state index contributed by atoms with van der Waals surface area (Å²) in [6, 6.07) is 13.7. The standard InChI is InChI=1S/C17H19N3O2.C15H14BrN3O3/c1-4-22-16-10-12(2)9-15(13(16)3)11-19-20-17(21)14-5-7-18-8-6-14;1-2-22-13-8-12(16)7-11(14(13)20)9-18-19-15(21)10-3-5-17-6-4-10/h5-11H,4H2,1-3H3,(H,20,21);3-9,20H,2H2,1H3,(H,19,21)/b19-11+;18-9+. The predicted molar refractivity (Wildman–Crippen MR) is 173 cm³/mol. The second kappa shape index (κ2) is 17.1. The van der Waals surface area contributed by atoms with Crippen LogP contribution >= 0.6 is 15.9 Å². The molecule has 0 saturated heterocycles. The molecular weight excluding hydrogens is 628 g/mol. The number of phenols is 1. The van der Waals surface area contributed by atoms with Gasteiger partial charge in [0, 0.05) is 51.5 Å². The maximum Gasteiger partial charge on any atom is 0.271 e. The molecule has 0 spiro atoms. The SMILES string of the molecule is CCOc1cc(Br)cc(/C=N/NC(=O)c2ccncc2)c1O.CCOc1cc(C)cc(/C=N/NC(=O)c2ccncc2)c1C. The van der Waals surface area contributed by atoms with Crippen LogP contribution in [0.3, 0.4) is 0 Å². The van der Waals surface area contributed by atoms with E-state index in [0.29, 0.717) is 35.7 Å². The zero-order valence-corrected chi connectivity index (χ0v) is 26.3. The number of aromatic nitrogens is 2. The first-order chi connectivity index (χ1) is 21.2. The van der Waals surface area contributed by atoms with E-state index in [1.165, 1.54) is 18.6 Å². The van der Waals surface area contributed by atoms with Crippen LogP contribution in [0, 0.1) is 13.8 Å². The Kier molecular flexibility index (Phi) is 13.0. The number of nitrogens with one attached hydrogen (secondary N) is 2. The lowest BCUT2D eigenvalue weighted by Gasteiger charge is -2.10. The molecule has 0 bridgehead atoms. The Morgan fingerprint density at radius 2 is 1.30 bits per heavy atom. The van der Waals surface area contributed by atoms with Gasteiger partial charge in [-0.3, -0.25) is 19.6 Å². The van der Waals surface area contributed by atoms with Gasteiger partial charge in [0.2, 0.25) is 0 Å². The Hall–Kier alpha value is -5.10. The van der Waals surface area contributed by atoms with Crippen molar-refractivity contribution in [2.45, 2.75) is 27.7 Å². The number of pyridine rings is 2. The Bertz CT molecular complexity index is 1490. The summed E-state index contributed by atoms with van der Waals surface area (Å²) in [6.07, 6.45) is 9.15. The molecule has 4 aromatic rings. The summed E-state index contributed by atoms with van der Waals surface area (Å²) in [6.45, 7) is 8.78. The summed E-state index contributed by atoms with van der Waals surface area (Å²) >= 11 is 3.33. The van der Waals surface area contributed by atoms with Crippen molar-refractivity contribution < 1.29 is 24.2 Å². The fourth-order valence-electron chi connectivity index (χ4n) is 3.71. The van der Waals surface area contributed by atoms with E-state index in [0.717, 1.165) is 26.9 Å². The van der Waals surface area contributed by atoms with E-state index in [9.17, 15) is 14.7 Å². The molecule has 0 unspecified atom stereocenters. The van der Waals surface area contributed by atoms with Crippen molar-refractivity contribution in [1.82, 2.24) is 20.8 Å². The van der Waals surface area contributed by atoms with Gasteiger partial charge in [0.15, 0.2) is 11.5 Å². The number of hydrogen-bond donors (Lipinski definition) is 3. The molecule has 2 aromatic heterocycles. The average molecular weight is 662 g/mol. The smallest absolute Gasteiger partial charge is 0.271 e. The highest BCUT2D eigenvalue weighted by atomic mass is 79.9. The molecule has 11 nitrogen and oxygen atoms in total. The fraction of sp³-hybridized carbons (Fsp3) is 0.188. The van der Waals surface area contributed by atoms with Crippen LogP contribution in [0.2, 0.25) is 0 Å². The molecule has 3 N–H and O–H groups in total. The molecule has 44 heavy (non-hydrogen) atoms. The van der Waals surface area contributed by atoms with Gasteiger partial charge in [-0.1, -0.05) is 15.9 Å². The van der Waals surface area contributed by atoms with Gasteiger partial charge in [0.1, 0.15) is 5.75 Å². The van der Waals surface area contributed by atoms with Gasteiger partial charge < -0.3 is 14.6 Å². The highest BCUT2D eigenvalue weighted by Gasteiger charge is 2.10. The quantitative estimate of drug-likeness (QED) is 0.149. The lowest BCUT2D eigenvalue weighted by Crippen LogP contribution is -2.17. The summed E-state index contributed by atoms with van der Waals surface area (Å²) in [5.41, 5.74) is 9.26. The monoisotopic (exact) mass is 660 g/mol. The highest BCUT2D eigenvalue weighted by molar-refractivity contribution is 9.10. The lowest BCUT2D eigenvalue weighted by atomic mass is 10.1. The number of carbonyl (C=O) groups excluding carboxylic acids is 2. The number of hydrogen-bond acceptors (Lipinski definition) is 9. The topological polar surface area (TPSA) is 147 Å². The molecule has 228 valence electrons. The first-order valence-corrected chi connectivity index (χ1v) is 14.4. The van der Waals surface area contributed by atoms with Crippen molar-refractivity contribution in [2.75, 3.05) is 13.2 Å². The van der Waals surface area contributed by atoms with Crippen molar-refractivity contribution in [1.29, 1.82) is 0 Å². The molecule has 0 fully saturated rings. The van der Waals surface area contributed by atoms with E-state index in [2.05, 4.69) is 47.0 Å². The molecule has 0 saturated carbocycles. The minimum Gasteiger partial charge on any atom is -0.504 e. The molecule has 2 amide bonds. The number of halogens is 1. The van der Waals surface area contributed by atoms with E-state index < -0.39 is 0 Å². The summed E-state index contributed by atoms with van der Waals surface area (Å²) in [5.74, 6) is 0.516. The van der Waals surface area contributed by atoms with Gasteiger partial charge in [-0.05, 0) is 87.4 Å². The van der Waals surface area contributed by atoms with Crippen molar-refractivity contribution >= 4 is 40.2 Å². The second-order valence-corrected chi connectivity index (χ2v) is 9.97. The number of amides is 2. The van der Waals surface area contributed by atoms with Crippen molar-refractivity contribution in [3.8, 4) is 17.2 Å². The first kappa shape index (κ1) is 33.4. The van der Waals surface area contributed by atoms with E-state index in [1.807, 2.05) is 39.8 Å². The van der Waals surface area contributed by atoms with Crippen LogP contribution < -0.4 is 20.3 Å². The van der Waals surface area contributed by atoms with E-state index in [4.69, 9.17) is 9.47 Å². The zero-order valence-electron chi connectivity index (χ0n) is 24.7. The van der Waals surface area contributed by atoms with Crippen LogP contribution in [0.1, 0.15) is 56.8 Å². The number of carbonyl (C=O) groups is 2. The first-order valence-electron chi connectivity index (χ1n) is 13.6. The Morgan fingerprint density at radius 3 is 1.82 bits per heavy atom. The maximum absolute atomic E-state index is 11.9.